The Morgan fingerprint density at radius 3 is 2.56 bits per heavy atom. The van der Waals surface area contributed by atoms with Crippen molar-refractivity contribution in [3.63, 3.8) is 0 Å². The summed E-state index contributed by atoms with van der Waals surface area (Å²) in [4.78, 5) is 56.8. The second-order valence-electron chi connectivity index (χ2n) is 12.6. The van der Waals surface area contributed by atoms with Crippen LogP contribution in [0.4, 0.5) is 10.1 Å². The minimum absolute atomic E-state index is 0.00134. The Bertz CT molecular complexity index is 2160. The molecular weight excluding hydrogens is 662 g/mol. The maximum absolute atomic E-state index is 15.6. The average Bonchev–Trinajstić information content (AvgIpc) is 3.66. The highest BCUT2D eigenvalue weighted by Gasteiger charge is 2.51. The molecule has 2 amide bonds. The number of likely N-dealkylation sites (tertiary alicyclic amines) is 1. The molecule has 248 valence electrons. The number of carbonyl (C=O) groups excluding carboxylic acids is 2. The summed E-state index contributed by atoms with van der Waals surface area (Å²) in [6, 6.07) is 9.56. The van der Waals surface area contributed by atoms with E-state index < -0.39 is 23.0 Å². The van der Waals surface area contributed by atoms with Crippen molar-refractivity contribution in [3.8, 4) is 28.3 Å². The number of aryl methyl sites for hydroxylation is 2. The number of ether oxygens (including phenoxy) is 1. The van der Waals surface area contributed by atoms with E-state index in [4.69, 9.17) is 32.9 Å². The van der Waals surface area contributed by atoms with Crippen LogP contribution in [0.2, 0.25) is 10.0 Å². The van der Waals surface area contributed by atoms with Gasteiger partial charge in [0.1, 0.15) is 11.4 Å². The van der Waals surface area contributed by atoms with Crippen LogP contribution >= 0.6 is 23.2 Å². The minimum atomic E-state index is -0.792. The lowest BCUT2D eigenvalue weighted by atomic mass is 9.86. The first kappa shape index (κ1) is 32.0. The van der Waals surface area contributed by atoms with E-state index >= 15 is 4.39 Å². The van der Waals surface area contributed by atoms with Crippen LogP contribution in [-0.4, -0.2) is 56.6 Å². The third-order valence-corrected chi connectivity index (χ3v) is 10.4. The van der Waals surface area contributed by atoms with E-state index in [1.165, 1.54) is 26.2 Å². The number of hydrogen-bond donors (Lipinski definition) is 2. The van der Waals surface area contributed by atoms with Crippen LogP contribution in [0.5, 0.6) is 5.88 Å². The standard InChI is InChI=1S/C34H31Cl2FN6O5/c1-41-14-20(32(46)42(2)33(41)47)30(45)38-22-6-4-5-19(28(22)35)27-21(37)9-8-18(29(27)36)23-13-17-7-10-24(26(17)31(39-23)48-3)43-15-34(16-43)12-11-25(44)40-34/h4-6,8-9,13-14,24H,7,10-12,15-16H2,1-3H3,(H,38,45)(H,40,44)/t24-/m0/s1. The molecule has 4 heterocycles. The summed E-state index contributed by atoms with van der Waals surface area (Å²) in [6.07, 6.45) is 4.22. The molecule has 1 aliphatic carbocycles. The van der Waals surface area contributed by atoms with Crippen molar-refractivity contribution >= 4 is 40.7 Å². The van der Waals surface area contributed by atoms with Gasteiger partial charge in [0.05, 0.1) is 34.1 Å². The van der Waals surface area contributed by atoms with E-state index in [0.717, 1.165) is 58.8 Å². The maximum Gasteiger partial charge on any atom is 0.330 e. The van der Waals surface area contributed by atoms with E-state index in [9.17, 15) is 19.2 Å². The van der Waals surface area contributed by atoms with Gasteiger partial charge in [-0.2, -0.15) is 0 Å². The third-order valence-electron chi connectivity index (χ3n) is 9.58. The summed E-state index contributed by atoms with van der Waals surface area (Å²) in [5.74, 6) is -0.859. The first-order valence-corrected chi connectivity index (χ1v) is 16.1. The number of halogens is 3. The molecule has 2 aliphatic heterocycles. The Hall–Kier alpha value is -4.52. The SMILES string of the molecule is COc1nc(-c2ccc(F)c(-c3cccc(NC(=O)c4cn(C)c(=O)n(C)c4=O)c3Cl)c2Cl)cc2c1[C@@H](N1CC3(CCC(=O)N3)C1)CC2. The van der Waals surface area contributed by atoms with Crippen LogP contribution in [0, 0.1) is 5.82 Å². The highest BCUT2D eigenvalue weighted by Crippen LogP contribution is 2.48. The molecule has 1 spiro atoms. The zero-order valence-electron chi connectivity index (χ0n) is 26.3. The number of nitrogens with zero attached hydrogens (tertiary/aromatic N) is 4. The Labute approximate surface area is 284 Å². The predicted molar refractivity (Wildman–Crippen MR) is 179 cm³/mol. The third kappa shape index (κ3) is 5.19. The number of anilines is 1. The molecule has 48 heavy (non-hydrogen) atoms. The Morgan fingerprint density at radius 2 is 1.85 bits per heavy atom. The number of rotatable bonds is 6. The van der Waals surface area contributed by atoms with Gasteiger partial charge in [0.2, 0.25) is 11.8 Å². The molecule has 3 aliphatic rings. The topological polar surface area (TPSA) is 128 Å². The number of fused-ring (bicyclic) bond motifs is 1. The van der Waals surface area contributed by atoms with Crippen LogP contribution in [-0.2, 0) is 25.3 Å². The van der Waals surface area contributed by atoms with Gasteiger partial charge in [-0.25, -0.2) is 14.2 Å². The van der Waals surface area contributed by atoms with Crippen molar-refractivity contribution in [1.82, 2.24) is 24.3 Å². The van der Waals surface area contributed by atoms with Crippen molar-refractivity contribution in [2.24, 2.45) is 14.1 Å². The molecular formula is C34H31Cl2FN6O5. The van der Waals surface area contributed by atoms with Crippen LogP contribution in [0.25, 0.3) is 22.4 Å². The fourth-order valence-corrected chi connectivity index (χ4v) is 7.80. The van der Waals surface area contributed by atoms with Crippen molar-refractivity contribution in [2.45, 2.75) is 37.3 Å². The molecule has 11 nitrogen and oxygen atoms in total. The molecule has 2 N–H and O–H groups in total. The molecule has 4 aromatic rings. The smallest absolute Gasteiger partial charge is 0.330 e. The molecule has 0 saturated carbocycles. The predicted octanol–water partition coefficient (Wildman–Crippen LogP) is 4.47. The number of aromatic nitrogens is 3. The number of benzene rings is 2. The summed E-state index contributed by atoms with van der Waals surface area (Å²) >= 11 is 13.7. The monoisotopic (exact) mass is 692 g/mol. The lowest BCUT2D eigenvalue weighted by molar-refractivity contribution is -0.121. The average molecular weight is 694 g/mol. The molecule has 2 aromatic heterocycles. The minimum Gasteiger partial charge on any atom is -0.481 e. The van der Waals surface area contributed by atoms with Crippen LogP contribution < -0.4 is 26.6 Å². The summed E-state index contributed by atoms with van der Waals surface area (Å²) < 4.78 is 23.3. The molecule has 14 heteroatoms. The van der Waals surface area contributed by atoms with Gasteiger partial charge in [-0.15, -0.1) is 0 Å². The second-order valence-corrected chi connectivity index (χ2v) is 13.3. The van der Waals surface area contributed by atoms with Gasteiger partial charge in [0.25, 0.3) is 11.5 Å². The lowest BCUT2D eigenvalue weighted by Gasteiger charge is -2.50. The van der Waals surface area contributed by atoms with Gasteiger partial charge in [-0.3, -0.25) is 23.9 Å². The normalized spacial score (nSPS) is 18.0. The van der Waals surface area contributed by atoms with E-state index in [-0.39, 0.29) is 49.9 Å². The summed E-state index contributed by atoms with van der Waals surface area (Å²) in [5.41, 5.74) is 1.62. The second kappa shape index (κ2) is 11.9. The highest BCUT2D eigenvalue weighted by atomic mass is 35.5. The lowest BCUT2D eigenvalue weighted by Crippen LogP contribution is -2.67. The number of hydrogen-bond acceptors (Lipinski definition) is 7. The number of methoxy groups -OCH3 is 1. The van der Waals surface area contributed by atoms with Gasteiger partial charge in [-0.1, -0.05) is 35.3 Å². The summed E-state index contributed by atoms with van der Waals surface area (Å²) in [5, 5.41) is 5.81. The van der Waals surface area contributed by atoms with Gasteiger partial charge in [-0.05, 0) is 49.1 Å². The molecule has 0 bridgehead atoms. The molecule has 2 aromatic carbocycles. The summed E-state index contributed by atoms with van der Waals surface area (Å²) in [7, 11) is 4.27. The van der Waals surface area contributed by atoms with E-state index in [2.05, 4.69) is 15.5 Å². The van der Waals surface area contributed by atoms with Crippen molar-refractivity contribution in [2.75, 3.05) is 25.5 Å². The fraction of sp³-hybridized carbons (Fsp3) is 0.324. The van der Waals surface area contributed by atoms with Crippen molar-refractivity contribution in [1.29, 1.82) is 0 Å². The molecule has 0 unspecified atom stereocenters. The van der Waals surface area contributed by atoms with Gasteiger partial charge >= 0.3 is 5.69 Å². The maximum atomic E-state index is 15.6. The van der Waals surface area contributed by atoms with E-state index in [1.54, 1.807) is 25.3 Å². The van der Waals surface area contributed by atoms with Gasteiger partial charge in [0.15, 0.2) is 0 Å². The number of pyridine rings is 1. The zero-order valence-corrected chi connectivity index (χ0v) is 27.8. The molecule has 0 radical (unpaired) electrons. The van der Waals surface area contributed by atoms with Crippen molar-refractivity contribution in [3.05, 3.63) is 96.0 Å². The fourth-order valence-electron chi connectivity index (χ4n) is 7.18. The van der Waals surface area contributed by atoms with Gasteiger partial charge in [0, 0.05) is 68.1 Å². The Balaban J connectivity index is 1.21. The zero-order chi connectivity index (χ0) is 34.1. The first-order chi connectivity index (χ1) is 22.9. The van der Waals surface area contributed by atoms with Crippen LogP contribution in [0.15, 0.2) is 52.2 Å². The van der Waals surface area contributed by atoms with Crippen molar-refractivity contribution < 1.29 is 18.7 Å². The van der Waals surface area contributed by atoms with Crippen LogP contribution in [0.3, 0.4) is 0 Å². The number of nitrogens with one attached hydrogen (secondary N) is 2. The summed E-state index contributed by atoms with van der Waals surface area (Å²) in [6.45, 7) is 1.56. The Morgan fingerprint density at radius 1 is 1.08 bits per heavy atom. The molecule has 2 saturated heterocycles. The van der Waals surface area contributed by atoms with Gasteiger partial charge < -0.3 is 19.9 Å². The van der Waals surface area contributed by atoms with Crippen LogP contribution in [0.1, 0.15) is 46.8 Å². The highest BCUT2D eigenvalue weighted by molar-refractivity contribution is 6.39. The quantitative estimate of drug-likeness (QED) is 0.305. The molecule has 1 atom stereocenters. The molecule has 7 rings (SSSR count). The Kier molecular flexibility index (Phi) is 7.92. The molecule has 2 fully saturated rings. The van der Waals surface area contributed by atoms with E-state index in [1.807, 2.05) is 6.07 Å². The first-order valence-electron chi connectivity index (χ1n) is 15.4. The number of amides is 2. The number of carbonyl (C=O) groups is 2. The van der Waals surface area contributed by atoms with E-state index in [0.29, 0.717) is 23.6 Å². The largest absolute Gasteiger partial charge is 0.481 e.